The number of hydrogen-bond donors (Lipinski definition) is 2. The van der Waals surface area contributed by atoms with Gasteiger partial charge >= 0.3 is 6.09 Å². The lowest BCUT2D eigenvalue weighted by Crippen LogP contribution is -2.52. The van der Waals surface area contributed by atoms with Crippen LogP contribution in [0.15, 0.2) is 121 Å². The molecule has 0 aliphatic carbocycles. The van der Waals surface area contributed by atoms with Crippen LogP contribution in [0.2, 0.25) is 0 Å². The molecule has 4 nitrogen and oxygen atoms in total. The fourth-order valence-corrected chi connectivity index (χ4v) is 4.01. The average Bonchev–Trinajstić information content (AvgIpc) is 2.89. The first-order valence-electron chi connectivity index (χ1n) is 11.0. The molecule has 0 saturated carbocycles. The Hall–Kier alpha value is -3.89. The van der Waals surface area contributed by atoms with E-state index in [1.165, 1.54) is 0 Å². The van der Waals surface area contributed by atoms with E-state index in [2.05, 4.69) is 5.32 Å². The van der Waals surface area contributed by atoms with Gasteiger partial charge in [-0.3, -0.25) is 0 Å². The Balaban J connectivity index is 1.67. The van der Waals surface area contributed by atoms with E-state index >= 15 is 0 Å². The van der Waals surface area contributed by atoms with Crippen LogP contribution in [0, 0.1) is 0 Å². The number of rotatable bonds is 8. The topological polar surface area (TPSA) is 58.6 Å². The van der Waals surface area contributed by atoms with Gasteiger partial charge in [0.25, 0.3) is 0 Å². The molecule has 4 aromatic carbocycles. The lowest BCUT2D eigenvalue weighted by atomic mass is 9.78. The molecule has 0 bridgehead atoms. The summed E-state index contributed by atoms with van der Waals surface area (Å²) in [5, 5.41) is 15.2. The molecule has 0 fully saturated rings. The molecule has 33 heavy (non-hydrogen) atoms. The molecule has 0 heterocycles. The number of alkyl carbamates (subject to hydrolysis) is 1. The summed E-state index contributed by atoms with van der Waals surface area (Å²) in [4.78, 5) is 12.9. The van der Waals surface area contributed by atoms with Crippen LogP contribution in [0.5, 0.6) is 0 Å². The van der Waals surface area contributed by atoms with Crippen molar-refractivity contribution in [1.82, 2.24) is 5.32 Å². The van der Waals surface area contributed by atoms with Gasteiger partial charge in [-0.05, 0) is 28.7 Å². The predicted octanol–water partition coefficient (Wildman–Crippen LogP) is 5.46. The van der Waals surface area contributed by atoms with Crippen molar-refractivity contribution in [2.75, 3.05) is 0 Å². The van der Waals surface area contributed by atoms with Gasteiger partial charge in [0, 0.05) is 0 Å². The van der Waals surface area contributed by atoms with Crippen molar-refractivity contribution < 1.29 is 14.6 Å². The third kappa shape index (κ3) is 5.48. The minimum atomic E-state index is -1.47. The molecular formula is C29H27NO3. The van der Waals surface area contributed by atoms with E-state index in [9.17, 15) is 9.90 Å². The van der Waals surface area contributed by atoms with Crippen molar-refractivity contribution in [2.24, 2.45) is 0 Å². The molecule has 0 spiro atoms. The van der Waals surface area contributed by atoms with Crippen molar-refractivity contribution >= 4 is 6.09 Å². The van der Waals surface area contributed by atoms with Gasteiger partial charge in [0.1, 0.15) is 12.2 Å². The molecule has 0 unspecified atom stereocenters. The quantitative estimate of drug-likeness (QED) is 0.385. The second kappa shape index (κ2) is 10.6. The van der Waals surface area contributed by atoms with Crippen LogP contribution >= 0.6 is 0 Å². The van der Waals surface area contributed by atoms with Gasteiger partial charge < -0.3 is 15.2 Å². The normalized spacial score (nSPS) is 12.0. The first-order valence-corrected chi connectivity index (χ1v) is 11.0. The van der Waals surface area contributed by atoms with Gasteiger partial charge in [0.15, 0.2) is 0 Å². The minimum Gasteiger partial charge on any atom is -0.445 e. The Morgan fingerprint density at radius 2 is 1.12 bits per heavy atom. The van der Waals surface area contributed by atoms with Crippen LogP contribution in [0.1, 0.15) is 22.3 Å². The van der Waals surface area contributed by atoms with Gasteiger partial charge in [-0.15, -0.1) is 0 Å². The molecule has 1 amide bonds. The summed E-state index contributed by atoms with van der Waals surface area (Å²) in [6.07, 6.45) is -0.160. The minimum absolute atomic E-state index is 0.153. The summed E-state index contributed by atoms with van der Waals surface area (Å²) in [6.45, 7) is 0.153. The van der Waals surface area contributed by atoms with Crippen molar-refractivity contribution in [3.8, 4) is 0 Å². The molecule has 0 aromatic heterocycles. The van der Waals surface area contributed by atoms with Crippen molar-refractivity contribution in [3.05, 3.63) is 144 Å². The number of nitrogens with one attached hydrogen (secondary N) is 1. The van der Waals surface area contributed by atoms with E-state index in [1.54, 1.807) is 0 Å². The van der Waals surface area contributed by atoms with Crippen LogP contribution < -0.4 is 5.32 Å². The molecule has 0 saturated heterocycles. The Bertz CT molecular complexity index is 1090. The first kappa shape index (κ1) is 22.3. The number of ether oxygens (including phenoxy) is 1. The van der Waals surface area contributed by atoms with E-state index in [0.29, 0.717) is 17.5 Å². The third-order valence-corrected chi connectivity index (χ3v) is 5.72. The predicted molar refractivity (Wildman–Crippen MR) is 130 cm³/mol. The number of benzene rings is 4. The fraction of sp³-hybridized carbons (Fsp3) is 0.138. The Morgan fingerprint density at radius 1 is 0.697 bits per heavy atom. The lowest BCUT2D eigenvalue weighted by Gasteiger charge is -2.37. The summed E-state index contributed by atoms with van der Waals surface area (Å²) >= 11 is 0. The molecule has 4 rings (SSSR count). The smallest absolute Gasteiger partial charge is 0.407 e. The summed E-state index contributed by atoms with van der Waals surface area (Å²) in [5.41, 5.74) is 1.81. The molecule has 4 aromatic rings. The Morgan fingerprint density at radius 3 is 1.61 bits per heavy atom. The van der Waals surface area contributed by atoms with Crippen molar-refractivity contribution in [2.45, 2.75) is 24.7 Å². The number of amides is 1. The van der Waals surface area contributed by atoms with Gasteiger partial charge in [-0.2, -0.15) is 0 Å². The SMILES string of the molecule is O=C(N[C@@H](Cc1ccccc1)C(O)(c1ccccc1)c1ccccc1)OCc1ccccc1. The Kier molecular flexibility index (Phi) is 7.18. The molecule has 0 aliphatic heterocycles. The summed E-state index contributed by atoms with van der Waals surface area (Å²) < 4.78 is 5.50. The second-order valence-corrected chi connectivity index (χ2v) is 7.95. The van der Waals surface area contributed by atoms with Gasteiger partial charge in [-0.25, -0.2) is 4.79 Å². The number of carbonyl (C=O) groups excluding carboxylic acids is 1. The van der Waals surface area contributed by atoms with E-state index < -0.39 is 17.7 Å². The van der Waals surface area contributed by atoms with Crippen LogP contribution in [-0.4, -0.2) is 17.2 Å². The fourth-order valence-electron chi connectivity index (χ4n) is 4.01. The largest absolute Gasteiger partial charge is 0.445 e. The van der Waals surface area contributed by atoms with E-state index in [4.69, 9.17) is 4.74 Å². The zero-order valence-electron chi connectivity index (χ0n) is 18.3. The number of aliphatic hydroxyl groups is 1. The number of carbonyl (C=O) groups is 1. The van der Waals surface area contributed by atoms with Gasteiger partial charge in [0.2, 0.25) is 0 Å². The van der Waals surface area contributed by atoms with Crippen LogP contribution in [0.25, 0.3) is 0 Å². The highest BCUT2D eigenvalue weighted by molar-refractivity contribution is 5.68. The number of hydrogen-bond acceptors (Lipinski definition) is 3. The summed E-state index contributed by atoms with van der Waals surface area (Å²) in [5.74, 6) is 0. The first-order chi connectivity index (χ1) is 16.2. The summed E-state index contributed by atoms with van der Waals surface area (Å²) in [6, 6.07) is 37.5. The van der Waals surface area contributed by atoms with Gasteiger partial charge in [0.05, 0.1) is 6.04 Å². The molecule has 0 radical (unpaired) electrons. The van der Waals surface area contributed by atoms with Gasteiger partial charge in [-0.1, -0.05) is 121 Å². The average molecular weight is 438 g/mol. The molecule has 4 heteroatoms. The molecule has 2 N–H and O–H groups in total. The zero-order valence-corrected chi connectivity index (χ0v) is 18.3. The van der Waals surface area contributed by atoms with Crippen LogP contribution in [-0.2, 0) is 23.4 Å². The maximum Gasteiger partial charge on any atom is 0.407 e. The highest BCUT2D eigenvalue weighted by Crippen LogP contribution is 2.34. The van der Waals surface area contributed by atoms with Crippen LogP contribution in [0.3, 0.4) is 0 Å². The highest BCUT2D eigenvalue weighted by Gasteiger charge is 2.41. The standard InChI is InChI=1S/C29H27NO3/c31-28(33-22-24-15-7-2-8-16-24)30-27(21-23-13-5-1-6-14-23)29(32,25-17-9-3-10-18-25)26-19-11-4-12-20-26/h1-20,27,32H,21-22H2,(H,30,31)/t27-/m0/s1. The van der Waals surface area contributed by atoms with Crippen LogP contribution in [0.4, 0.5) is 4.79 Å². The molecule has 166 valence electrons. The van der Waals surface area contributed by atoms with Crippen molar-refractivity contribution in [1.29, 1.82) is 0 Å². The lowest BCUT2D eigenvalue weighted by molar-refractivity contribution is 0.0331. The molecular weight excluding hydrogens is 410 g/mol. The van der Waals surface area contributed by atoms with E-state index in [-0.39, 0.29) is 6.61 Å². The highest BCUT2D eigenvalue weighted by atomic mass is 16.5. The zero-order chi connectivity index (χ0) is 22.9. The Labute approximate surface area is 194 Å². The third-order valence-electron chi connectivity index (χ3n) is 5.72. The van der Waals surface area contributed by atoms with E-state index in [1.807, 2.05) is 121 Å². The maximum atomic E-state index is 12.9. The van der Waals surface area contributed by atoms with Crippen molar-refractivity contribution in [3.63, 3.8) is 0 Å². The monoisotopic (exact) mass is 437 g/mol. The summed E-state index contributed by atoms with van der Waals surface area (Å²) in [7, 11) is 0. The molecule has 0 aliphatic rings. The molecule has 1 atom stereocenters. The van der Waals surface area contributed by atoms with E-state index in [0.717, 1.165) is 11.1 Å². The second-order valence-electron chi connectivity index (χ2n) is 7.95. The maximum absolute atomic E-state index is 12.9.